The second kappa shape index (κ2) is 10.2. The molecule has 0 spiro atoms. The lowest BCUT2D eigenvalue weighted by Crippen LogP contribution is -2.26. The molecule has 1 fully saturated rings. The predicted octanol–water partition coefficient (Wildman–Crippen LogP) is 4.57. The molecule has 1 aliphatic rings. The first kappa shape index (κ1) is 18.6. The molecule has 1 amide bonds. The van der Waals surface area contributed by atoms with Crippen molar-refractivity contribution in [3.8, 4) is 11.5 Å². The average molecular weight is 333 g/mol. The molecule has 0 saturated heterocycles. The van der Waals surface area contributed by atoms with Crippen molar-refractivity contribution < 1.29 is 14.3 Å². The lowest BCUT2D eigenvalue weighted by atomic mass is 9.97. The van der Waals surface area contributed by atoms with Gasteiger partial charge in [-0.1, -0.05) is 38.5 Å². The van der Waals surface area contributed by atoms with Gasteiger partial charge in [-0.3, -0.25) is 4.79 Å². The fourth-order valence-corrected chi connectivity index (χ4v) is 3.34. The summed E-state index contributed by atoms with van der Waals surface area (Å²) in [7, 11) is 0. The maximum absolute atomic E-state index is 12.4. The minimum absolute atomic E-state index is 0.0346. The predicted molar refractivity (Wildman–Crippen MR) is 96.9 cm³/mol. The van der Waals surface area contributed by atoms with Gasteiger partial charge < -0.3 is 14.8 Å². The zero-order chi connectivity index (χ0) is 17.2. The molecule has 0 atom stereocenters. The summed E-state index contributed by atoms with van der Waals surface area (Å²) in [5.41, 5.74) is 0.628. The van der Waals surface area contributed by atoms with E-state index in [2.05, 4.69) is 5.32 Å². The van der Waals surface area contributed by atoms with Crippen LogP contribution in [0.1, 0.15) is 69.2 Å². The third kappa shape index (κ3) is 5.73. The van der Waals surface area contributed by atoms with E-state index in [4.69, 9.17) is 9.47 Å². The number of carbonyl (C=O) groups excluding carboxylic acids is 1. The van der Waals surface area contributed by atoms with Crippen molar-refractivity contribution in [3.63, 3.8) is 0 Å². The van der Waals surface area contributed by atoms with Gasteiger partial charge in [0, 0.05) is 12.1 Å². The first-order valence-corrected chi connectivity index (χ1v) is 9.42. The number of carbonyl (C=O) groups is 1. The largest absolute Gasteiger partial charge is 0.490 e. The molecule has 134 valence electrons. The topological polar surface area (TPSA) is 47.6 Å². The van der Waals surface area contributed by atoms with E-state index in [1.54, 1.807) is 12.1 Å². The van der Waals surface area contributed by atoms with Gasteiger partial charge in [-0.05, 0) is 44.4 Å². The second-order valence-electron chi connectivity index (χ2n) is 6.43. The Kier molecular flexibility index (Phi) is 7.93. The van der Waals surface area contributed by atoms with Gasteiger partial charge in [0.05, 0.1) is 13.2 Å². The summed E-state index contributed by atoms with van der Waals surface area (Å²) >= 11 is 0. The molecule has 0 unspecified atom stereocenters. The number of nitrogens with one attached hydrogen (secondary N) is 1. The maximum Gasteiger partial charge on any atom is 0.251 e. The number of rotatable bonds is 8. The number of hydrogen-bond donors (Lipinski definition) is 1. The molecule has 0 aliphatic heterocycles. The van der Waals surface area contributed by atoms with Crippen molar-refractivity contribution in [2.24, 2.45) is 5.92 Å². The minimum atomic E-state index is -0.0346. The number of hydrogen-bond acceptors (Lipinski definition) is 3. The zero-order valence-corrected chi connectivity index (χ0v) is 15.1. The fourth-order valence-electron chi connectivity index (χ4n) is 3.34. The number of benzene rings is 1. The minimum Gasteiger partial charge on any atom is -0.490 e. The van der Waals surface area contributed by atoms with Crippen LogP contribution >= 0.6 is 0 Å². The Bertz CT molecular complexity index is 508. The van der Waals surface area contributed by atoms with E-state index < -0.39 is 0 Å². The van der Waals surface area contributed by atoms with Crippen LogP contribution in [0.4, 0.5) is 0 Å². The standard InChI is InChI=1S/C20H31NO3/c1-3-23-18-12-11-17(15-19(18)24-4-2)20(22)21-14-13-16-9-7-5-6-8-10-16/h11-12,15-16H,3-10,13-14H2,1-2H3,(H,21,22). The summed E-state index contributed by atoms with van der Waals surface area (Å²) in [5, 5.41) is 3.05. The van der Waals surface area contributed by atoms with E-state index >= 15 is 0 Å². The monoisotopic (exact) mass is 333 g/mol. The Morgan fingerprint density at radius 3 is 2.38 bits per heavy atom. The summed E-state index contributed by atoms with van der Waals surface area (Å²) in [6.07, 6.45) is 9.14. The van der Waals surface area contributed by atoms with Gasteiger partial charge in [-0.2, -0.15) is 0 Å². The second-order valence-corrected chi connectivity index (χ2v) is 6.43. The molecule has 4 nitrogen and oxygen atoms in total. The van der Waals surface area contributed by atoms with Crippen LogP contribution in [0.25, 0.3) is 0 Å². The van der Waals surface area contributed by atoms with Gasteiger partial charge in [0.1, 0.15) is 0 Å². The lowest BCUT2D eigenvalue weighted by Gasteiger charge is -2.15. The third-order valence-electron chi connectivity index (χ3n) is 4.62. The summed E-state index contributed by atoms with van der Waals surface area (Å²) in [5.74, 6) is 2.06. The Labute approximate surface area is 145 Å². The third-order valence-corrected chi connectivity index (χ3v) is 4.62. The molecule has 2 rings (SSSR count). The Balaban J connectivity index is 1.87. The van der Waals surface area contributed by atoms with Gasteiger partial charge >= 0.3 is 0 Å². The Hall–Kier alpha value is -1.71. The maximum atomic E-state index is 12.4. The van der Waals surface area contributed by atoms with Gasteiger partial charge in [-0.15, -0.1) is 0 Å². The molecule has 4 heteroatoms. The highest BCUT2D eigenvalue weighted by Crippen LogP contribution is 2.28. The quantitative estimate of drug-likeness (QED) is 0.709. The molecule has 0 radical (unpaired) electrons. The van der Waals surface area contributed by atoms with Crippen LogP contribution in [0, 0.1) is 5.92 Å². The van der Waals surface area contributed by atoms with Crippen molar-refractivity contribution >= 4 is 5.91 Å². The van der Waals surface area contributed by atoms with Crippen molar-refractivity contribution in [2.45, 2.75) is 58.8 Å². The molecule has 1 saturated carbocycles. The van der Waals surface area contributed by atoms with Crippen LogP contribution in [0.2, 0.25) is 0 Å². The molecule has 24 heavy (non-hydrogen) atoms. The Morgan fingerprint density at radius 1 is 1.04 bits per heavy atom. The first-order valence-electron chi connectivity index (χ1n) is 9.42. The van der Waals surface area contributed by atoms with Crippen LogP contribution in [-0.4, -0.2) is 25.7 Å². The van der Waals surface area contributed by atoms with Gasteiger partial charge in [0.15, 0.2) is 11.5 Å². The summed E-state index contributed by atoms with van der Waals surface area (Å²) in [6, 6.07) is 5.39. The molecular formula is C20H31NO3. The van der Waals surface area contributed by atoms with Crippen molar-refractivity contribution in [2.75, 3.05) is 19.8 Å². The van der Waals surface area contributed by atoms with E-state index in [1.165, 1.54) is 38.5 Å². The van der Waals surface area contributed by atoms with Crippen LogP contribution in [0.3, 0.4) is 0 Å². The molecule has 1 aromatic carbocycles. The van der Waals surface area contributed by atoms with Gasteiger partial charge in [-0.25, -0.2) is 0 Å². The van der Waals surface area contributed by atoms with Crippen molar-refractivity contribution in [3.05, 3.63) is 23.8 Å². The van der Waals surface area contributed by atoms with Crippen molar-refractivity contribution in [1.82, 2.24) is 5.32 Å². The zero-order valence-electron chi connectivity index (χ0n) is 15.1. The highest BCUT2D eigenvalue weighted by atomic mass is 16.5. The van der Waals surface area contributed by atoms with E-state index in [1.807, 2.05) is 19.9 Å². The van der Waals surface area contributed by atoms with E-state index in [0.717, 1.165) is 18.9 Å². The molecule has 1 aromatic rings. The molecule has 0 heterocycles. The fraction of sp³-hybridized carbons (Fsp3) is 0.650. The highest BCUT2D eigenvalue weighted by molar-refractivity contribution is 5.94. The van der Waals surface area contributed by atoms with Crippen LogP contribution in [0.15, 0.2) is 18.2 Å². The van der Waals surface area contributed by atoms with Crippen LogP contribution in [0.5, 0.6) is 11.5 Å². The summed E-state index contributed by atoms with van der Waals surface area (Å²) in [6.45, 7) is 5.74. The summed E-state index contributed by atoms with van der Waals surface area (Å²) < 4.78 is 11.1. The molecule has 1 N–H and O–H groups in total. The van der Waals surface area contributed by atoms with E-state index in [-0.39, 0.29) is 5.91 Å². The molecule has 1 aliphatic carbocycles. The normalized spacial score (nSPS) is 15.6. The molecule has 0 bridgehead atoms. The smallest absolute Gasteiger partial charge is 0.251 e. The van der Waals surface area contributed by atoms with Crippen molar-refractivity contribution in [1.29, 1.82) is 0 Å². The number of amides is 1. The average Bonchev–Trinajstić information content (AvgIpc) is 2.85. The lowest BCUT2D eigenvalue weighted by molar-refractivity contribution is 0.0950. The van der Waals surface area contributed by atoms with Gasteiger partial charge in [0.25, 0.3) is 5.91 Å². The van der Waals surface area contributed by atoms with Gasteiger partial charge in [0.2, 0.25) is 0 Å². The highest BCUT2D eigenvalue weighted by Gasteiger charge is 2.14. The van der Waals surface area contributed by atoms with Crippen LogP contribution in [-0.2, 0) is 0 Å². The van der Waals surface area contributed by atoms with Crippen LogP contribution < -0.4 is 14.8 Å². The van der Waals surface area contributed by atoms with E-state index in [9.17, 15) is 4.79 Å². The Morgan fingerprint density at radius 2 is 1.71 bits per heavy atom. The van der Waals surface area contributed by atoms with E-state index in [0.29, 0.717) is 30.3 Å². The molecular weight excluding hydrogens is 302 g/mol. The summed E-state index contributed by atoms with van der Waals surface area (Å²) in [4.78, 5) is 12.4. The SMILES string of the molecule is CCOc1ccc(C(=O)NCCC2CCCCCC2)cc1OCC. The number of ether oxygens (including phenoxy) is 2. The molecule has 0 aromatic heterocycles. The first-order chi connectivity index (χ1) is 11.7.